The molecule has 0 aliphatic carbocycles. The number of urea groups is 1. The van der Waals surface area contributed by atoms with Gasteiger partial charge in [0.2, 0.25) is 0 Å². The van der Waals surface area contributed by atoms with Crippen LogP contribution >= 0.6 is 0 Å². The van der Waals surface area contributed by atoms with Gasteiger partial charge in [0.25, 0.3) is 0 Å². The molecule has 1 spiro atoms. The largest absolute Gasteiger partial charge is 0.381 e. The van der Waals surface area contributed by atoms with Crippen LogP contribution in [0.4, 0.5) is 16.2 Å². The predicted molar refractivity (Wildman–Crippen MR) is 100 cm³/mol. The van der Waals surface area contributed by atoms with E-state index in [9.17, 15) is 4.79 Å². The molecule has 3 heterocycles. The first-order valence-electron chi connectivity index (χ1n) is 9.62. The van der Waals surface area contributed by atoms with Gasteiger partial charge in [0.1, 0.15) is 0 Å². The summed E-state index contributed by atoms with van der Waals surface area (Å²) in [4.78, 5) is 17.0. The summed E-state index contributed by atoms with van der Waals surface area (Å²) in [6.45, 7) is 7.83. The van der Waals surface area contributed by atoms with E-state index in [1.165, 1.54) is 18.5 Å². The first-order chi connectivity index (χ1) is 12.1. The van der Waals surface area contributed by atoms with Gasteiger partial charge in [-0.1, -0.05) is 13.0 Å². The van der Waals surface area contributed by atoms with Crippen LogP contribution in [0, 0.1) is 11.3 Å². The van der Waals surface area contributed by atoms with E-state index in [2.05, 4.69) is 29.3 Å². The van der Waals surface area contributed by atoms with Gasteiger partial charge in [-0.3, -0.25) is 0 Å². The Morgan fingerprint density at radius 2 is 2.08 bits per heavy atom. The highest BCUT2D eigenvalue weighted by molar-refractivity contribution is 5.90. The van der Waals surface area contributed by atoms with Crippen molar-refractivity contribution < 1.29 is 9.53 Å². The van der Waals surface area contributed by atoms with Crippen LogP contribution in [0.25, 0.3) is 0 Å². The van der Waals surface area contributed by atoms with E-state index in [1.807, 2.05) is 17.0 Å². The Morgan fingerprint density at radius 1 is 1.24 bits per heavy atom. The number of nitrogens with zero attached hydrogens (tertiary/aromatic N) is 2. The van der Waals surface area contributed by atoms with Crippen molar-refractivity contribution in [2.45, 2.75) is 32.6 Å². The first kappa shape index (κ1) is 16.7. The van der Waals surface area contributed by atoms with E-state index in [0.717, 1.165) is 63.8 Å². The van der Waals surface area contributed by atoms with E-state index >= 15 is 0 Å². The summed E-state index contributed by atoms with van der Waals surface area (Å²) in [7, 11) is 0. The summed E-state index contributed by atoms with van der Waals surface area (Å²) in [6, 6.07) is 8.30. The molecule has 1 unspecified atom stereocenters. The van der Waals surface area contributed by atoms with Gasteiger partial charge in [-0.05, 0) is 49.8 Å². The fraction of sp³-hybridized carbons (Fsp3) is 0.650. The number of rotatable bonds is 2. The van der Waals surface area contributed by atoms with Gasteiger partial charge in [0.15, 0.2) is 0 Å². The fourth-order valence-corrected chi connectivity index (χ4v) is 4.33. The van der Waals surface area contributed by atoms with Gasteiger partial charge in [0.05, 0.1) is 6.61 Å². The Balaban J connectivity index is 1.37. The molecule has 1 atom stereocenters. The highest BCUT2D eigenvalue weighted by Crippen LogP contribution is 2.38. The number of nitrogens with one attached hydrogen (secondary N) is 1. The molecule has 4 rings (SSSR count). The van der Waals surface area contributed by atoms with E-state index < -0.39 is 0 Å². The lowest BCUT2D eigenvalue weighted by atomic mass is 9.87. The van der Waals surface area contributed by atoms with Gasteiger partial charge in [0, 0.05) is 49.6 Å². The number of carbonyl (C=O) groups is 1. The molecule has 2 amide bonds. The average Bonchev–Trinajstić information content (AvgIpc) is 3.26. The van der Waals surface area contributed by atoms with Crippen LogP contribution in [0.3, 0.4) is 0 Å². The number of carbonyl (C=O) groups excluding carboxylic acids is 1. The van der Waals surface area contributed by atoms with E-state index in [0.29, 0.717) is 0 Å². The molecule has 1 aromatic rings. The summed E-state index contributed by atoms with van der Waals surface area (Å²) in [6.07, 6.45) is 4.63. The predicted octanol–water partition coefficient (Wildman–Crippen LogP) is 3.57. The van der Waals surface area contributed by atoms with Crippen molar-refractivity contribution in [3.05, 3.63) is 24.3 Å². The maximum atomic E-state index is 12.6. The topological polar surface area (TPSA) is 44.8 Å². The molecular formula is C20H29N3O2. The highest BCUT2D eigenvalue weighted by atomic mass is 16.5. The molecule has 1 aromatic carbocycles. The number of ether oxygens (including phenoxy) is 1. The van der Waals surface area contributed by atoms with Crippen LogP contribution in [0.5, 0.6) is 0 Å². The number of amides is 2. The van der Waals surface area contributed by atoms with Crippen LogP contribution < -0.4 is 10.2 Å². The monoisotopic (exact) mass is 343 g/mol. The van der Waals surface area contributed by atoms with Gasteiger partial charge >= 0.3 is 6.03 Å². The molecule has 0 bridgehead atoms. The SMILES string of the molecule is CC1CCN(c2cccc(NC(=O)N3CCC4(CCOC4)C3)c2)CC1. The summed E-state index contributed by atoms with van der Waals surface area (Å²) in [5.41, 5.74) is 2.32. The summed E-state index contributed by atoms with van der Waals surface area (Å²) < 4.78 is 5.56. The van der Waals surface area contributed by atoms with Crippen molar-refractivity contribution in [3.8, 4) is 0 Å². The highest BCUT2D eigenvalue weighted by Gasteiger charge is 2.42. The minimum atomic E-state index is 0.0215. The van der Waals surface area contributed by atoms with Gasteiger partial charge < -0.3 is 19.9 Å². The number of benzene rings is 1. The smallest absolute Gasteiger partial charge is 0.321 e. The molecule has 5 nitrogen and oxygen atoms in total. The minimum absolute atomic E-state index is 0.0215. The zero-order chi connectivity index (χ0) is 17.3. The average molecular weight is 343 g/mol. The van der Waals surface area contributed by atoms with Crippen LogP contribution in [0.1, 0.15) is 32.6 Å². The Kier molecular flexibility index (Phi) is 4.59. The fourth-order valence-electron chi connectivity index (χ4n) is 4.33. The molecule has 3 aliphatic heterocycles. The molecule has 3 saturated heterocycles. The van der Waals surface area contributed by atoms with E-state index in [-0.39, 0.29) is 11.4 Å². The number of hydrogen-bond donors (Lipinski definition) is 1. The Hall–Kier alpha value is -1.75. The van der Waals surface area contributed by atoms with Gasteiger partial charge in [-0.15, -0.1) is 0 Å². The molecule has 25 heavy (non-hydrogen) atoms. The van der Waals surface area contributed by atoms with Gasteiger partial charge in [-0.2, -0.15) is 0 Å². The second kappa shape index (κ2) is 6.87. The van der Waals surface area contributed by atoms with Crippen molar-refractivity contribution in [1.82, 2.24) is 4.90 Å². The second-order valence-electron chi connectivity index (χ2n) is 8.12. The van der Waals surface area contributed by atoms with Crippen molar-refractivity contribution in [2.24, 2.45) is 11.3 Å². The minimum Gasteiger partial charge on any atom is -0.381 e. The molecular weight excluding hydrogens is 314 g/mol. The maximum absolute atomic E-state index is 12.6. The van der Waals surface area contributed by atoms with Crippen LogP contribution in [-0.2, 0) is 4.74 Å². The maximum Gasteiger partial charge on any atom is 0.321 e. The standard InChI is InChI=1S/C20H29N3O2/c1-16-5-9-22(10-6-16)18-4-2-3-17(13-18)21-19(24)23-11-7-20(14-23)8-12-25-15-20/h2-4,13,16H,5-12,14-15H2,1H3,(H,21,24). The summed E-state index contributed by atoms with van der Waals surface area (Å²) in [5, 5.41) is 3.10. The van der Waals surface area contributed by atoms with Crippen molar-refractivity contribution in [1.29, 1.82) is 0 Å². The zero-order valence-electron chi connectivity index (χ0n) is 15.2. The van der Waals surface area contributed by atoms with Crippen LogP contribution in [0.2, 0.25) is 0 Å². The van der Waals surface area contributed by atoms with Crippen molar-refractivity contribution >= 4 is 17.4 Å². The second-order valence-corrected chi connectivity index (χ2v) is 8.12. The summed E-state index contributed by atoms with van der Waals surface area (Å²) in [5.74, 6) is 0.821. The molecule has 5 heteroatoms. The lowest BCUT2D eigenvalue weighted by molar-refractivity contribution is 0.154. The molecule has 1 N–H and O–H groups in total. The third-order valence-corrected chi connectivity index (χ3v) is 6.16. The number of piperidine rings is 1. The Morgan fingerprint density at radius 3 is 2.84 bits per heavy atom. The molecule has 0 radical (unpaired) electrons. The van der Waals surface area contributed by atoms with Crippen molar-refractivity contribution in [3.63, 3.8) is 0 Å². The van der Waals surface area contributed by atoms with Crippen LogP contribution in [-0.4, -0.2) is 50.3 Å². The first-order valence-corrected chi connectivity index (χ1v) is 9.62. The van der Waals surface area contributed by atoms with Crippen molar-refractivity contribution in [2.75, 3.05) is 49.6 Å². The molecule has 3 aliphatic rings. The normalized spacial score (nSPS) is 27.2. The third-order valence-electron chi connectivity index (χ3n) is 6.16. The van der Waals surface area contributed by atoms with E-state index in [4.69, 9.17) is 4.74 Å². The molecule has 0 saturated carbocycles. The Bertz CT molecular complexity index is 619. The molecule has 136 valence electrons. The van der Waals surface area contributed by atoms with E-state index in [1.54, 1.807) is 0 Å². The zero-order valence-corrected chi connectivity index (χ0v) is 15.2. The molecule has 3 fully saturated rings. The summed E-state index contributed by atoms with van der Waals surface area (Å²) >= 11 is 0. The number of likely N-dealkylation sites (tertiary alicyclic amines) is 1. The lowest BCUT2D eigenvalue weighted by Gasteiger charge is -2.32. The quantitative estimate of drug-likeness (QED) is 0.893. The third kappa shape index (κ3) is 3.61. The Labute approximate surface area is 150 Å². The van der Waals surface area contributed by atoms with Gasteiger partial charge in [-0.25, -0.2) is 4.79 Å². The molecule has 0 aromatic heterocycles. The number of hydrogen-bond acceptors (Lipinski definition) is 3. The number of anilines is 2. The lowest BCUT2D eigenvalue weighted by Crippen LogP contribution is -2.35. The van der Waals surface area contributed by atoms with Crippen LogP contribution in [0.15, 0.2) is 24.3 Å².